The van der Waals surface area contributed by atoms with Crippen LogP contribution in [0.25, 0.3) is 0 Å². The highest BCUT2D eigenvalue weighted by Crippen LogP contribution is 2.29. The summed E-state index contributed by atoms with van der Waals surface area (Å²) in [5, 5.41) is 7.44. The Morgan fingerprint density at radius 3 is 3.00 bits per heavy atom. The van der Waals surface area contributed by atoms with Gasteiger partial charge in [-0.25, -0.2) is 0 Å². The molecule has 1 N–H and O–H groups in total. The van der Waals surface area contributed by atoms with Crippen molar-refractivity contribution in [3.8, 4) is 0 Å². The lowest BCUT2D eigenvalue weighted by Crippen LogP contribution is -2.42. The van der Waals surface area contributed by atoms with Gasteiger partial charge in [0, 0.05) is 38.4 Å². The molecular formula is C18H24N4O2. The molecule has 24 heavy (non-hydrogen) atoms. The SMILES string of the molecule is O=C(NCC[C@H]1CN(C2CCC2)Cc2ccnn2C1)c1ccco1. The Bertz CT molecular complexity index is 675. The second kappa shape index (κ2) is 6.81. The highest BCUT2D eigenvalue weighted by Gasteiger charge is 2.30. The van der Waals surface area contributed by atoms with E-state index in [1.165, 1.54) is 31.2 Å². The highest BCUT2D eigenvalue weighted by molar-refractivity contribution is 5.91. The first-order valence-electron chi connectivity index (χ1n) is 8.86. The summed E-state index contributed by atoms with van der Waals surface area (Å²) in [6.07, 6.45) is 8.36. The zero-order valence-electron chi connectivity index (χ0n) is 13.9. The quantitative estimate of drug-likeness (QED) is 0.914. The Hall–Kier alpha value is -2.08. The average molecular weight is 328 g/mol. The van der Waals surface area contributed by atoms with Gasteiger partial charge in [-0.2, -0.15) is 5.10 Å². The molecule has 0 unspecified atom stereocenters. The lowest BCUT2D eigenvalue weighted by Gasteiger charge is -2.38. The van der Waals surface area contributed by atoms with E-state index < -0.39 is 0 Å². The fraction of sp³-hybridized carbons (Fsp3) is 0.556. The third kappa shape index (κ3) is 3.24. The monoisotopic (exact) mass is 328 g/mol. The van der Waals surface area contributed by atoms with E-state index in [1.54, 1.807) is 12.1 Å². The van der Waals surface area contributed by atoms with Gasteiger partial charge in [-0.1, -0.05) is 6.42 Å². The van der Waals surface area contributed by atoms with Gasteiger partial charge in [-0.05, 0) is 43.4 Å². The molecule has 1 aliphatic carbocycles. The average Bonchev–Trinajstić information content (AvgIpc) is 3.15. The summed E-state index contributed by atoms with van der Waals surface area (Å²) in [5.74, 6) is 0.745. The summed E-state index contributed by atoms with van der Waals surface area (Å²) in [4.78, 5) is 14.6. The molecule has 0 saturated heterocycles. The number of nitrogens with one attached hydrogen (secondary N) is 1. The van der Waals surface area contributed by atoms with Gasteiger partial charge in [0.15, 0.2) is 5.76 Å². The minimum absolute atomic E-state index is 0.135. The van der Waals surface area contributed by atoms with Crippen molar-refractivity contribution in [1.29, 1.82) is 0 Å². The van der Waals surface area contributed by atoms with Crippen LogP contribution >= 0.6 is 0 Å². The first kappa shape index (κ1) is 15.4. The number of nitrogens with zero attached hydrogens (tertiary/aromatic N) is 3. The van der Waals surface area contributed by atoms with Gasteiger partial charge in [0.05, 0.1) is 12.0 Å². The van der Waals surface area contributed by atoms with Crippen molar-refractivity contribution in [1.82, 2.24) is 20.0 Å². The molecule has 3 heterocycles. The molecule has 2 aromatic rings. The predicted molar refractivity (Wildman–Crippen MR) is 89.4 cm³/mol. The zero-order chi connectivity index (χ0) is 16.4. The lowest BCUT2D eigenvalue weighted by atomic mass is 9.90. The Labute approximate surface area is 141 Å². The van der Waals surface area contributed by atoms with E-state index >= 15 is 0 Å². The maximum absolute atomic E-state index is 12.0. The molecule has 0 bridgehead atoms. The van der Waals surface area contributed by atoms with Gasteiger partial charge in [0.25, 0.3) is 5.91 Å². The maximum atomic E-state index is 12.0. The number of carbonyl (C=O) groups excluding carboxylic acids is 1. The largest absolute Gasteiger partial charge is 0.459 e. The van der Waals surface area contributed by atoms with E-state index in [1.807, 2.05) is 6.20 Å². The van der Waals surface area contributed by atoms with Crippen molar-refractivity contribution in [3.63, 3.8) is 0 Å². The first-order chi connectivity index (χ1) is 11.8. The number of furan rings is 1. The fourth-order valence-electron chi connectivity index (χ4n) is 3.66. The summed E-state index contributed by atoms with van der Waals surface area (Å²) >= 11 is 0. The molecule has 0 radical (unpaired) electrons. The number of hydrogen-bond donors (Lipinski definition) is 1. The van der Waals surface area contributed by atoms with Gasteiger partial charge in [0.2, 0.25) is 0 Å². The van der Waals surface area contributed by atoms with E-state index in [2.05, 4.69) is 26.1 Å². The molecule has 0 aromatic carbocycles. The molecule has 1 aliphatic heterocycles. The summed E-state index contributed by atoms with van der Waals surface area (Å²) in [6, 6.07) is 6.28. The van der Waals surface area contributed by atoms with Crippen LogP contribution in [-0.4, -0.2) is 39.7 Å². The summed E-state index contributed by atoms with van der Waals surface area (Å²) in [5.41, 5.74) is 1.31. The van der Waals surface area contributed by atoms with Crippen LogP contribution in [0.2, 0.25) is 0 Å². The van der Waals surface area contributed by atoms with Gasteiger partial charge in [-0.3, -0.25) is 14.4 Å². The third-order valence-electron chi connectivity index (χ3n) is 5.27. The molecule has 1 fully saturated rings. The Balaban J connectivity index is 1.36. The van der Waals surface area contributed by atoms with E-state index in [0.717, 1.165) is 32.1 Å². The summed E-state index contributed by atoms with van der Waals surface area (Å²) in [7, 11) is 0. The van der Waals surface area contributed by atoms with Gasteiger partial charge in [0.1, 0.15) is 0 Å². The highest BCUT2D eigenvalue weighted by atomic mass is 16.3. The lowest BCUT2D eigenvalue weighted by molar-refractivity contribution is 0.0907. The number of hydrogen-bond acceptors (Lipinski definition) is 4. The third-order valence-corrected chi connectivity index (χ3v) is 5.27. The molecule has 4 rings (SSSR count). The second-order valence-electron chi connectivity index (χ2n) is 6.91. The fourth-order valence-corrected chi connectivity index (χ4v) is 3.66. The molecular weight excluding hydrogens is 304 g/mol. The topological polar surface area (TPSA) is 63.3 Å². The van der Waals surface area contributed by atoms with Crippen LogP contribution in [0.1, 0.15) is 41.9 Å². The van der Waals surface area contributed by atoms with Crippen molar-refractivity contribution in [2.45, 2.75) is 44.8 Å². The molecule has 1 atom stereocenters. The van der Waals surface area contributed by atoms with Gasteiger partial charge < -0.3 is 9.73 Å². The van der Waals surface area contributed by atoms with E-state index in [9.17, 15) is 4.79 Å². The predicted octanol–water partition coefficient (Wildman–Crippen LogP) is 2.28. The second-order valence-corrected chi connectivity index (χ2v) is 6.91. The molecule has 2 aliphatic rings. The number of carbonyl (C=O) groups is 1. The number of rotatable bonds is 5. The van der Waals surface area contributed by atoms with Crippen LogP contribution in [0.4, 0.5) is 0 Å². The van der Waals surface area contributed by atoms with Crippen LogP contribution < -0.4 is 5.32 Å². The molecule has 1 saturated carbocycles. The number of aromatic nitrogens is 2. The summed E-state index contributed by atoms with van der Waals surface area (Å²) in [6.45, 7) is 3.69. The Morgan fingerprint density at radius 2 is 2.25 bits per heavy atom. The van der Waals surface area contributed by atoms with Crippen LogP contribution in [0.3, 0.4) is 0 Å². The molecule has 6 heteroatoms. The van der Waals surface area contributed by atoms with Crippen molar-refractivity contribution in [2.24, 2.45) is 5.92 Å². The first-order valence-corrected chi connectivity index (χ1v) is 8.86. The standard InChI is InChI=1S/C18H24N4O2/c23-18(17-5-2-10-24-17)19-8-6-14-11-21(15-3-1-4-15)13-16-7-9-20-22(16)12-14/h2,5,7,9-10,14-15H,1,3-4,6,8,11-13H2,(H,19,23)/t14-/m0/s1. The van der Waals surface area contributed by atoms with Crippen molar-refractivity contribution in [3.05, 3.63) is 42.1 Å². The van der Waals surface area contributed by atoms with E-state index in [4.69, 9.17) is 4.42 Å². The maximum Gasteiger partial charge on any atom is 0.286 e. The molecule has 128 valence electrons. The van der Waals surface area contributed by atoms with Crippen LogP contribution in [-0.2, 0) is 13.1 Å². The smallest absolute Gasteiger partial charge is 0.286 e. The Morgan fingerprint density at radius 1 is 1.33 bits per heavy atom. The molecule has 1 amide bonds. The van der Waals surface area contributed by atoms with E-state index in [-0.39, 0.29) is 5.91 Å². The summed E-state index contributed by atoms with van der Waals surface area (Å²) < 4.78 is 7.27. The van der Waals surface area contributed by atoms with Crippen LogP contribution in [0.15, 0.2) is 35.1 Å². The van der Waals surface area contributed by atoms with Gasteiger partial charge >= 0.3 is 0 Å². The Kier molecular flexibility index (Phi) is 4.38. The van der Waals surface area contributed by atoms with Crippen molar-refractivity contribution in [2.75, 3.05) is 13.1 Å². The normalized spacial score (nSPS) is 21.8. The van der Waals surface area contributed by atoms with Gasteiger partial charge in [-0.15, -0.1) is 0 Å². The number of amides is 1. The van der Waals surface area contributed by atoms with Crippen LogP contribution in [0, 0.1) is 5.92 Å². The van der Waals surface area contributed by atoms with Crippen molar-refractivity contribution < 1.29 is 9.21 Å². The minimum Gasteiger partial charge on any atom is -0.459 e. The number of fused-ring (bicyclic) bond motifs is 1. The molecule has 6 nitrogen and oxygen atoms in total. The van der Waals surface area contributed by atoms with E-state index in [0.29, 0.717) is 18.2 Å². The molecule has 0 spiro atoms. The molecule has 2 aromatic heterocycles. The van der Waals surface area contributed by atoms with Crippen molar-refractivity contribution >= 4 is 5.91 Å². The van der Waals surface area contributed by atoms with Crippen LogP contribution in [0.5, 0.6) is 0 Å². The minimum atomic E-state index is -0.135. The zero-order valence-corrected chi connectivity index (χ0v) is 13.9.